The van der Waals surface area contributed by atoms with Gasteiger partial charge in [-0.1, -0.05) is 0 Å². The number of hydrogen-bond donors (Lipinski definition) is 1. The zero-order valence-electron chi connectivity index (χ0n) is 14.7. The van der Waals surface area contributed by atoms with Gasteiger partial charge in [0, 0.05) is 36.9 Å². The van der Waals surface area contributed by atoms with Crippen molar-refractivity contribution in [3.05, 3.63) is 30.1 Å². The monoisotopic (exact) mass is 345 g/mol. The number of ether oxygens (including phenoxy) is 1. The molecule has 7 heteroatoms. The lowest BCUT2D eigenvalue weighted by Gasteiger charge is -2.34. The fraction of sp³-hybridized carbons (Fsp3) is 0.500. The summed E-state index contributed by atoms with van der Waals surface area (Å²) in [6, 6.07) is 3.76. The molecule has 3 heterocycles. The lowest BCUT2D eigenvalue weighted by atomic mass is 10.1. The predicted octanol–water partition coefficient (Wildman–Crippen LogP) is 3.31. The largest absolute Gasteiger partial charge is 0.478 e. The molecule has 0 bridgehead atoms. The third kappa shape index (κ3) is 3.75. The van der Waals surface area contributed by atoms with Crippen LogP contribution in [-0.4, -0.2) is 50.3 Å². The molecule has 2 aromatic heterocycles. The predicted molar refractivity (Wildman–Crippen MR) is 92.8 cm³/mol. The number of hydrogen-bond acceptors (Lipinski definition) is 4. The standard InChI is InChI=1S/C18H23N3O4/c1-18(2,3)25-17(24)20-7-5-14(6-8-20)21-9-4-12-10-13(16(22)23)11-19-15(12)21/h4,9-11,14H,5-8H2,1-3H3,(H,22,23). The molecule has 1 N–H and O–H groups in total. The van der Waals surface area contributed by atoms with Gasteiger partial charge in [0.1, 0.15) is 11.2 Å². The number of pyridine rings is 1. The molecule has 25 heavy (non-hydrogen) atoms. The molecule has 0 aromatic carbocycles. The number of carbonyl (C=O) groups excluding carboxylic acids is 1. The minimum absolute atomic E-state index is 0.185. The topological polar surface area (TPSA) is 84.7 Å². The van der Waals surface area contributed by atoms with E-state index in [1.165, 1.54) is 6.20 Å². The Morgan fingerprint density at radius 3 is 2.56 bits per heavy atom. The van der Waals surface area contributed by atoms with Crippen LogP contribution in [0.3, 0.4) is 0 Å². The van der Waals surface area contributed by atoms with Gasteiger partial charge in [-0.15, -0.1) is 0 Å². The average molecular weight is 345 g/mol. The minimum Gasteiger partial charge on any atom is -0.478 e. The van der Waals surface area contributed by atoms with Gasteiger partial charge in [-0.05, 0) is 45.7 Å². The average Bonchev–Trinajstić information content (AvgIpc) is 2.96. The van der Waals surface area contributed by atoms with Gasteiger partial charge in [-0.3, -0.25) is 0 Å². The number of aromatic nitrogens is 2. The molecular weight excluding hydrogens is 322 g/mol. The molecule has 1 aliphatic heterocycles. The van der Waals surface area contributed by atoms with Crippen LogP contribution in [0.15, 0.2) is 24.5 Å². The highest BCUT2D eigenvalue weighted by Gasteiger charge is 2.28. The number of amides is 1. The Kier molecular flexibility index (Phi) is 4.41. The number of carbonyl (C=O) groups is 2. The summed E-state index contributed by atoms with van der Waals surface area (Å²) in [7, 11) is 0. The lowest BCUT2D eigenvalue weighted by molar-refractivity contribution is 0.0189. The molecular formula is C18H23N3O4. The number of carboxylic acid groups (broad SMARTS) is 1. The van der Waals surface area contributed by atoms with E-state index < -0.39 is 11.6 Å². The van der Waals surface area contributed by atoms with Crippen LogP contribution in [0, 0.1) is 0 Å². The zero-order chi connectivity index (χ0) is 18.2. The van der Waals surface area contributed by atoms with Crippen molar-refractivity contribution in [1.29, 1.82) is 0 Å². The first-order valence-corrected chi connectivity index (χ1v) is 8.42. The lowest BCUT2D eigenvalue weighted by Crippen LogP contribution is -2.42. The van der Waals surface area contributed by atoms with Crippen molar-refractivity contribution >= 4 is 23.1 Å². The molecule has 0 unspecified atom stereocenters. The van der Waals surface area contributed by atoms with Gasteiger partial charge in [-0.2, -0.15) is 0 Å². The van der Waals surface area contributed by atoms with Crippen LogP contribution in [0.4, 0.5) is 4.79 Å². The van der Waals surface area contributed by atoms with Gasteiger partial charge in [0.05, 0.1) is 5.56 Å². The fourth-order valence-electron chi connectivity index (χ4n) is 3.11. The summed E-state index contributed by atoms with van der Waals surface area (Å²) in [5, 5.41) is 9.88. The third-order valence-electron chi connectivity index (χ3n) is 4.31. The fourth-order valence-corrected chi connectivity index (χ4v) is 3.11. The van der Waals surface area contributed by atoms with Crippen LogP contribution in [0.1, 0.15) is 50.0 Å². The highest BCUT2D eigenvalue weighted by atomic mass is 16.6. The van der Waals surface area contributed by atoms with Crippen molar-refractivity contribution in [2.24, 2.45) is 0 Å². The second-order valence-corrected chi connectivity index (χ2v) is 7.36. The third-order valence-corrected chi connectivity index (χ3v) is 4.31. The Hall–Kier alpha value is -2.57. The summed E-state index contributed by atoms with van der Waals surface area (Å²) in [6.07, 6.45) is 4.68. The molecule has 0 saturated carbocycles. The Balaban J connectivity index is 1.70. The number of piperidine rings is 1. The van der Waals surface area contributed by atoms with E-state index in [0.717, 1.165) is 23.9 Å². The first-order valence-electron chi connectivity index (χ1n) is 8.42. The first kappa shape index (κ1) is 17.3. The zero-order valence-corrected chi connectivity index (χ0v) is 14.7. The van der Waals surface area contributed by atoms with Crippen LogP contribution in [0.5, 0.6) is 0 Å². The van der Waals surface area contributed by atoms with E-state index in [0.29, 0.717) is 13.1 Å². The molecule has 1 amide bonds. The van der Waals surface area contributed by atoms with Gasteiger partial charge >= 0.3 is 12.1 Å². The minimum atomic E-state index is -0.979. The number of nitrogens with zero attached hydrogens (tertiary/aromatic N) is 3. The maximum atomic E-state index is 12.1. The normalized spacial score (nSPS) is 16.2. The van der Waals surface area contributed by atoms with Gasteiger partial charge in [0.15, 0.2) is 0 Å². The van der Waals surface area contributed by atoms with Crippen molar-refractivity contribution in [3.63, 3.8) is 0 Å². The summed E-state index contributed by atoms with van der Waals surface area (Å²) in [4.78, 5) is 29.3. The smallest absolute Gasteiger partial charge is 0.410 e. The molecule has 2 aromatic rings. The van der Waals surface area contributed by atoms with Gasteiger partial charge in [0.2, 0.25) is 0 Å². The molecule has 0 atom stereocenters. The molecule has 0 aliphatic carbocycles. The van der Waals surface area contributed by atoms with E-state index in [-0.39, 0.29) is 17.7 Å². The van der Waals surface area contributed by atoms with Crippen molar-refractivity contribution in [2.45, 2.75) is 45.3 Å². The first-order chi connectivity index (χ1) is 11.7. The van der Waals surface area contributed by atoms with Crippen molar-refractivity contribution in [2.75, 3.05) is 13.1 Å². The molecule has 3 rings (SSSR count). The molecule has 134 valence electrons. The van der Waals surface area contributed by atoms with Crippen molar-refractivity contribution in [1.82, 2.24) is 14.5 Å². The van der Waals surface area contributed by atoms with Crippen molar-refractivity contribution < 1.29 is 19.4 Å². The van der Waals surface area contributed by atoms with Gasteiger partial charge in [0.25, 0.3) is 0 Å². The summed E-state index contributed by atoms with van der Waals surface area (Å²) in [5.41, 5.74) is 0.474. The number of aromatic carboxylic acids is 1. The summed E-state index contributed by atoms with van der Waals surface area (Å²) in [5.74, 6) is -0.979. The maximum absolute atomic E-state index is 12.1. The summed E-state index contributed by atoms with van der Waals surface area (Å²) >= 11 is 0. The molecule has 1 fully saturated rings. The van der Waals surface area contributed by atoms with E-state index in [4.69, 9.17) is 9.84 Å². The number of likely N-dealkylation sites (tertiary alicyclic amines) is 1. The second-order valence-electron chi connectivity index (χ2n) is 7.36. The Morgan fingerprint density at radius 1 is 1.28 bits per heavy atom. The highest BCUT2D eigenvalue weighted by molar-refractivity contribution is 5.91. The maximum Gasteiger partial charge on any atom is 0.410 e. The van der Waals surface area contributed by atoms with Crippen molar-refractivity contribution in [3.8, 4) is 0 Å². The van der Waals surface area contributed by atoms with Gasteiger partial charge in [-0.25, -0.2) is 14.6 Å². The van der Waals surface area contributed by atoms with E-state index in [1.54, 1.807) is 11.0 Å². The summed E-state index contributed by atoms with van der Waals surface area (Å²) in [6.45, 7) is 6.85. The van der Waals surface area contributed by atoms with Crippen LogP contribution in [0.2, 0.25) is 0 Å². The number of rotatable bonds is 2. The van der Waals surface area contributed by atoms with E-state index in [1.807, 2.05) is 33.0 Å². The Bertz CT molecular complexity index is 798. The van der Waals surface area contributed by atoms with E-state index in [2.05, 4.69) is 9.55 Å². The highest BCUT2D eigenvalue weighted by Crippen LogP contribution is 2.28. The number of carboxylic acids is 1. The molecule has 1 saturated heterocycles. The van der Waals surface area contributed by atoms with E-state index >= 15 is 0 Å². The molecule has 1 aliphatic rings. The second kappa shape index (κ2) is 6.38. The Labute approximate surface area is 146 Å². The summed E-state index contributed by atoms with van der Waals surface area (Å²) < 4.78 is 7.50. The molecule has 0 spiro atoms. The molecule has 0 radical (unpaired) electrons. The van der Waals surface area contributed by atoms with Crippen LogP contribution < -0.4 is 0 Å². The van der Waals surface area contributed by atoms with E-state index in [9.17, 15) is 9.59 Å². The van der Waals surface area contributed by atoms with Crippen LogP contribution >= 0.6 is 0 Å². The SMILES string of the molecule is CC(C)(C)OC(=O)N1CCC(n2ccc3cc(C(=O)O)cnc32)CC1. The van der Waals surface area contributed by atoms with Crippen LogP contribution in [0.25, 0.3) is 11.0 Å². The van der Waals surface area contributed by atoms with Crippen LogP contribution in [-0.2, 0) is 4.74 Å². The number of fused-ring (bicyclic) bond motifs is 1. The Morgan fingerprint density at radius 2 is 1.96 bits per heavy atom. The quantitative estimate of drug-likeness (QED) is 0.902. The van der Waals surface area contributed by atoms with Gasteiger partial charge < -0.3 is 19.3 Å². The molecule has 7 nitrogen and oxygen atoms in total.